The summed E-state index contributed by atoms with van der Waals surface area (Å²) < 4.78 is 49.5. The minimum absolute atomic E-state index is 0.138. The van der Waals surface area contributed by atoms with Crippen molar-refractivity contribution >= 4 is 5.97 Å². The summed E-state index contributed by atoms with van der Waals surface area (Å²) in [5, 5.41) is 3.91. The smallest absolute Gasteiger partial charge is 0.416 e. The first kappa shape index (κ1) is 17.8. The molecule has 0 aliphatic heterocycles. The normalized spacial score (nSPS) is 13.0. The van der Waals surface area contributed by atoms with E-state index in [1.165, 1.54) is 25.4 Å². The number of esters is 1. The van der Waals surface area contributed by atoms with Gasteiger partial charge in [-0.05, 0) is 39.0 Å². The number of hydrogen-bond acceptors (Lipinski definition) is 5. The lowest BCUT2D eigenvalue weighted by Crippen LogP contribution is -2.28. The highest BCUT2D eigenvalue weighted by atomic mass is 19.4. The van der Waals surface area contributed by atoms with E-state index < -0.39 is 23.8 Å². The number of nitrogens with zero attached hydrogens (tertiary/aromatic N) is 3. The quantitative estimate of drug-likeness (QED) is 0.781. The second-order valence-corrected chi connectivity index (χ2v) is 5.27. The van der Waals surface area contributed by atoms with Gasteiger partial charge in [-0.25, -0.2) is 9.48 Å². The van der Waals surface area contributed by atoms with Crippen LogP contribution >= 0.6 is 0 Å². The molecule has 0 aliphatic rings. The van der Waals surface area contributed by atoms with Gasteiger partial charge in [0.15, 0.2) is 6.10 Å². The Kier molecular flexibility index (Phi) is 5.10. The Morgan fingerprint density at radius 2 is 1.96 bits per heavy atom. The second kappa shape index (κ2) is 6.90. The summed E-state index contributed by atoms with van der Waals surface area (Å²) in [5.74, 6) is -0.583. The summed E-state index contributed by atoms with van der Waals surface area (Å²) in [4.78, 5) is 15.5. The maximum absolute atomic E-state index is 12.7. The van der Waals surface area contributed by atoms with Crippen molar-refractivity contribution in [3.8, 4) is 11.7 Å². The molecule has 0 fully saturated rings. The highest BCUT2D eigenvalue weighted by Gasteiger charge is 2.30. The summed E-state index contributed by atoms with van der Waals surface area (Å²) in [6.45, 7) is 4.87. The van der Waals surface area contributed by atoms with E-state index in [9.17, 15) is 18.0 Å². The third-order valence-electron chi connectivity index (χ3n) is 2.87. The molecular weight excluding hydrogens is 327 g/mol. The number of alkyl halides is 3. The molecule has 0 N–H and O–H groups in total. The van der Waals surface area contributed by atoms with Gasteiger partial charge in [-0.15, -0.1) is 5.10 Å². The zero-order valence-electron chi connectivity index (χ0n) is 13.2. The predicted molar refractivity (Wildman–Crippen MR) is 77.7 cm³/mol. The molecule has 2 rings (SSSR count). The van der Waals surface area contributed by atoms with Crippen molar-refractivity contribution in [2.75, 3.05) is 0 Å². The van der Waals surface area contributed by atoms with E-state index in [4.69, 9.17) is 9.47 Å². The van der Waals surface area contributed by atoms with Crippen molar-refractivity contribution in [1.29, 1.82) is 0 Å². The highest BCUT2D eigenvalue weighted by molar-refractivity contribution is 5.74. The molecule has 1 unspecified atom stereocenters. The Labute approximate surface area is 136 Å². The van der Waals surface area contributed by atoms with Crippen molar-refractivity contribution in [3.63, 3.8) is 0 Å². The molecule has 1 aromatic carbocycles. The maximum Gasteiger partial charge on any atom is 0.416 e. The molecule has 0 saturated carbocycles. The van der Waals surface area contributed by atoms with Crippen molar-refractivity contribution < 1.29 is 27.4 Å². The van der Waals surface area contributed by atoms with E-state index in [0.29, 0.717) is 0 Å². The molecular formula is C15H16F3N3O3. The van der Waals surface area contributed by atoms with Gasteiger partial charge in [0.05, 0.1) is 17.4 Å². The van der Waals surface area contributed by atoms with Gasteiger partial charge in [0.1, 0.15) is 6.33 Å². The molecule has 6 nitrogen and oxygen atoms in total. The Hall–Kier alpha value is -2.58. The standard InChI is InChI=1S/C15H16F3N3O3/c1-9(2)23-13(22)10(3)24-14-19-8-21(20-14)12-6-4-5-11(7-12)15(16,17)18/h4-10H,1-3H3. The number of halogens is 3. The molecule has 0 saturated heterocycles. The summed E-state index contributed by atoms with van der Waals surface area (Å²) in [6.07, 6.45) is -4.49. The summed E-state index contributed by atoms with van der Waals surface area (Å²) in [5.41, 5.74) is -0.628. The number of rotatable bonds is 5. The van der Waals surface area contributed by atoms with E-state index in [0.717, 1.165) is 16.8 Å². The lowest BCUT2D eigenvalue weighted by Gasteiger charge is -2.13. The van der Waals surface area contributed by atoms with Crippen LogP contribution in [0, 0.1) is 0 Å². The molecule has 1 atom stereocenters. The van der Waals surface area contributed by atoms with Gasteiger partial charge >= 0.3 is 18.2 Å². The molecule has 0 amide bonds. The molecule has 0 aliphatic carbocycles. The fourth-order valence-electron chi connectivity index (χ4n) is 1.79. The van der Waals surface area contributed by atoms with Crippen LogP contribution in [-0.2, 0) is 15.7 Å². The number of carbonyl (C=O) groups excluding carboxylic acids is 1. The van der Waals surface area contributed by atoms with E-state index >= 15 is 0 Å². The summed E-state index contributed by atoms with van der Waals surface area (Å²) in [6, 6.07) is 4.48. The molecule has 1 heterocycles. The van der Waals surface area contributed by atoms with E-state index in [-0.39, 0.29) is 17.8 Å². The van der Waals surface area contributed by atoms with Gasteiger partial charge in [0, 0.05) is 0 Å². The molecule has 130 valence electrons. The average Bonchev–Trinajstić information content (AvgIpc) is 2.94. The first-order chi connectivity index (χ1) is 11.2. The Balaban J connectivity index is 2.12. The van der Waals surface area contributed by atoms with Crippen LogP contribution in [0.25, 0.3) is 5.69 Å². The van der Waals surface area contributed by atoms with Crippen molar-refractivity contribution in [1.82, 2.24) is 14.8 Å². The number of carbonyl (C=O) groups is 1. The minimum Gasteiger partial charge on any atom is -0.460 e. The van der Waals surface area contributed by atoms with Crippen LogP contribution in [0.3, 0.4) is 0 Å². The first-order valence-corrected chi connectivity index (χ1v) is 7.13. The van der Waals surface area contributed by atoms with Gasteiger partial charge in [0.2, 0.25) is 0 Å². The molecule has 0 spiro atoms. The molecule has 1 aromatic heterocycles. The van der Waals surface area contributed by atoms with E-state index in [1.807, 2.05) is 0 Å². The highest BCUT2D eigenvalue weighted by Crippen LogP contribution is 2.30. The largest absolute Gasteiger partial charge is 0.460 e. The van der Waals surface area contributed by atoms with Crippen LogP contribution in [-0.4, -0.2) is 32.9 Å². The second-order valence-electron chi connectivity index (χ2n) is 5.27. The summed E-state index contributed by atoms with van der Waals surface area (Å²) >= 11 is 0. The average molecular weight is 343 g/mol. The third-order valence-corrected chi connectivity index (χ3v) is 2.87. The molecule has 0 radical (unpaired) electrons. The fraction of sp³-hybridized carbons (Fsp3) is 0.400. The number of benzene rings is 1. The SMILES string of the molecule is CC(C)OC(=O)C(C)Oc1ncn(-c2cccc(C(F)(F)F)c2)n1. The van der Waals surface area contributed by atoms with Gasteiger partial charge in [-0.2, -0.15) is 18.2 Å². The Morgan fingerprint density at radius 3 is 2.58 bits per heavy atom. The Morgan fingerprint density at radius 1 is 1.25 bits per heavy atom. The zero-order valence-corrected chi connectivity index (χ0v) is 13.2. The van der Waals surface area contributed by atoms with Gasteiger partial charge in [0.25, 0.3) is 0 Å². The zero-order chi connectivity index (χ0) is 17.9. The minimum atomic E-state index is -4.45. The summed E-state index contributed by atoms with van der Waals surface area (Å²) in [7, 11) is 0. The first-order valence-electron chi connectivity index (χ1n) is 7.13. The lowest BCUT2D eigenvalue weighted by atomic mass is 10.2. The number of hydrogen-bond donors (Lipinski definition) is 0. The van der Waals surface area contributed by atoms with Gasteiger partial charge < -0.3 is 9.47 Å². The van der Waals surface area contributed by atoms with Crippen LogP contribution in [0.2, 0.25) is 0 Å². The third kappa shape index (κ3) is 4.46. The van der Waals surface area contributed by atoms with Crippen LogP contribution in [0.15, 0.2) is 30.6 Å². The number of aromatic nitrogens is 3. The van der Waals surface area contributed by atoms with Crippen molar-refractivity contribution in [2.24, 2.45) is 0 Å². The van der Waals surface area contributed by atoms with Crippen LogP contribution in [0.1, 0.15) is 26.3 Å². The lowest BCUT2D eigenvalue weighted by molar-refractivity contribution is -0.155. The molecule has 0 bridgehead atoms. The van der Waals surface area contributed by atoms with Gasteiger partial charge in [-0.3, -0.25) is 0 Å². The number of ether oxygens (including phenoxy) is 2. The Bertz CT molecular complexity index is 713. The van der Waals surface area contributed by atoms with E-state index in [1.54, 1.807) is 13.8 Å². The monoisotopic (exact) mass is 343 g/mol. The van der Waals surface area contributed by atoms with Crippen molar-refractivity contribution in [3.05, 3.63) is 36.2 Å². The van der Waals surface area contributed by atoms with Crippen LogP contribution in [0.5, 0.6) is 6.01 Å². The van der Waals surface area contributed by atoms with Crippen LogP contribution < -0.4 is 4.74 Å². The molecule has 24 heavy (non-hydrogen) atoms. The van der Waals surface area contributed by atoms with Crippen LogP contribution in [0.4, 0.5) is 13.2 Å². The predicted octanol–water partition coefficient (Wildman–Crippen LogP) is 3.01. The van der Waals surface area contributed by atoms with E-state index in [2.05, 4.69) is 10.1 Å². The fourth-order valence-corrected chi connectivity index (χ4v) is 1.79. The molecule has 9 heteroatoms. The van der Waals surface area contributed by atoms with Gasteiger partial charge in [-0.1, -0.05) is 6.07 Å². The topological polar surface area (TPSA) is 66.2 Å². The van der Waals surface area contributed by atoms with Crippen molar-refractivity contribution in [2.45, 2.75) is 39.2 Å². The molecule has 2 aromatic rings. The maximum atomic E-state index is 12.7.